The first-order chi connectivity index (χ1) is 15.3. The van der Waals surface area contributed by atoms with Gasteiger partial charge in [-0.1, -0.05) is 36.4 Å². The van der Waals surface area contributed by atoms with Crippen LogP contribution in [0.4, 0.5) is 11.4 Å². The van der Waals surface area contributed by atoms with Gasteiger partial charge in [0.15, 0.2) is 0 Å². The van der Waals surface area contributed by atoms with Gasteiger partial charge in [0.2, 0.25) is 0 Å². The van der Waals surface area contributed by atoms with Crippen molar-refractivity contribution < 1.29 is 14.3 Å². The number of nitrogens with zero attached hydrogens (tertiary/aromatic N) is 1. The number of amides is 2. The van der Waals surface area contributed by atoms with Gasteiger partial charge in [-0.3, -0.25) is 9.59 Å². The second-order valence-electron chi connectivity index (χ2n) is 8.14. The number of carbonyl (C=O) groups is 2. The summed E-state index contributed by atoms with van der Waals surface area (Å²) >= 11 is 0. The molecule has 0 atom stereocenters. The lowest BCUT2D eigenvalue weighted by Crippen LogP contribution is -2.33. The number of aryl methyl sites for hydroxylation is 4. The lowest BCUT2D eigenvalue weighted by Gasteiger charge is -2.18. The van der Waals surface area contributed by atoms with E-state index < -0.39 is 0 Å². The Hall–Kier alpha value is -3.86. The maximum atomic E-state index is 13.7. The Morgan fingerprint density at radius 1 is 0.781 bits per heavy atom. The van der Waals surface area contributed by atoms with Gasteiger partial charge in [0.1, 0.15) is 11.4 Å². The minimum absolute atomic E-state index is 0.257. The van der Waals surface area contributed by atoms with Crippen LogP contribution in [0.3, 0.4) is 0 Å². The second-order valence-corrected chi connectivity index (χ2v) is 8.14. The number of anilines is 2. The molecule has 0 unspecified atom stereocenters. The van der Waals surface area contributed by atoms with Crippen molar-refractivity contribution in [1.82, 2.24) is 0 Å². The van der Waals surface area contributed by atoms with Gasteiger partial charge in [0, 0.05) is 11.8 Å². The van der Waals surface area contributed by atoms with Crippen LogP contribution in [0.15, 0.2) is 66.4 Å². The van der Waals surface area contributed by atoms with E-state index in [1.54, 1.807) is 13.2 Å². The van der Waals surface area contributed by atoms with E-state index in [4.69, 9.17) is 4.74 Å². The summed E-state index contributed by atoms with van der Waals surface area (Å²) in [6.45, 7) is 7.87. The third-order valence-electron chi connectivity index (χ3n) is 5.82. The fourth-order valence-electron chi connectivity index (χ4n) is 3.83. The predicted octanol–water partition coefficient (Wildman–Crippen LogP) is 5.33. The van der Waals surface area contributed by atoms with E-state index in [9.17, 15) is 9.59 Å². The minimum atomic E-state index is -0.375. The molecule has 4 rings (SSSR count). The summed E-state index contributed by atoms with van der Waals surface area (Å²) in [4.78, 5) is 28.6. The van der Waals surface area contributed by atoms with Crippen LogP contribution in [0.1, 0.15) is 27.8 Å². The van der Waals surface area contributed by atoms with Gasteiger partial charge in [-0.15, -0.1) is 0 Å². The van der Waals surface area contributed by atoms with Crippen molar-refractivity contribution in [2.24, 2.45) is 0 Å². The molecule has 0 spiro atoms. The molecule has 2 amide bonds. The van der Waals surface area contributed by atoms with Gasteiger partial charge in [-0.25, -0.2) is 4.90 Å². The zero-order valence-corrected chi connectivity index (χ0v) is 18.9. The Balaban J connectivity index is 1.87. The molecule has 0 saturated heterocycles. The van der Waals surface area contributed by atoms with Gasteiger partial charge >= 0.3 is 0 Å². The van der Waals surface area contributed by atoms with Gasteiger partial charge in [0.05, 0.1) is 18.4 Å². The molecule has 0 bridgehead atoms. The van der Waals surface area contributed by atoms with Crippen molar-refractivity contribution in [2.75, 3.05) is 17.3 Å². The number of methoxy groups -OCH3 is 1. The molecule has 5 heteroatoms. The Labute approximate surface area is 188 Å². The van der Waals surface area contributed by atoms with Crippen LogP contribution >= 0.6 is 0 Å². The fraction of sp³-hybridized carbons (Fsp3) is 0.185. The monoisotopic (exact) mass is 426 g/mol. The van der Waals surface area contributed by atoms with E-state index >= 15 is 0 Å². The normalized spacial score (nSPS) is 13.7. The molecule has 0 radical (unpaired) electrons. The lowest BCUT2D eigenvalue weighted by atomic mass is 9.99. The highest BCUT2D eigenvalue weighted by atomic mass is 16.5. The fourth-order valence-corrected chi connectivity index (χ4v) is 3.83. The Bertz CT molecular complexity index is 1270. The van der Waals surface area contributed by atoms with E-state index in [0.717, 1.165) is 22.3 Å². The predicted molar refractivity (Wildman–Crippen MR) is 128 cm³/mol. The van der Waals surface area contributed by atoms with Gasteiger partial charge in [-0.2, -0.15) is 0 Å². The maximum absolute atomic E-state index is 13.7. The summed E-state index contributed by atoms with van der Waals surface area (Å²) in [5, 5.41) is 3.20. The number of hydrogen-bond donors (Lipinski definition) is 1. The molecule has 0 fully saturated rings. The second kappa shape index (κ2) is 8.35. The first-order valence-electron chi connectivity index (χ1n) is 10.5. The summed E-state index contributed by atoms with van der Waals surface area (Å²) in [5.74, 6) is -0.0522. The van der Waals surface area contributed by atoms with Crippen molar-refractivity contribution in [1.29, 1.82) is 0 Å². The smallest absolute Gasteiger partial charge is 0.282 e. The summed E-state index contributed by atoms with van der Waals surface area (Å²) in [6, 6.07) is 18.9. The van der Waals surface area contributed by atoms with E-state index in [-0.39, 0.29) is 17.5 Å². The maximum Gasteiger partial charge on any atom is 0.282 e. The first-order valence-corrected chi connectivity index (χ1v) is 10.5. The number of ether oxygens (including phenoxy) is 1. The zero-order chi connectivity index (χ0) is 23.0. The Morgan fingerprint density at radius 3 is 2.25 bits per heavy atom. The summed E-state index contributed by atoms with van der Waals surface area (Å²) in [6.07, 6.45) is 0. The molecular weight excluding hydrogens is 400 g/mol. The van der Waals surface area contributed by atoms with Crippen LogP contribution in [0.25, 0.3) is 5.57 Å². The zero-order valence-electron chi connectivity index (χ0n) is 18.9. The Kier molecular flexibility index (Phi) is 5.57. The quantitative estimate of drug-likeness (QED) is 0.561. The van der Waals surface area contributed by atoms with Crippen LogP contribution in [0.2, 0.25) is 0 Å². The molecule has 3 aromatic carbocycles. The van der Waals surface area contributed by atoms with Gasteiger partial charge in [0.25, 0.3) is 11.8 Å². The lowest BCUT2D eigenvalue weighted by molar-refractivity contribution is -0.120. The number of nitrogens with one attached hydrogen (secondary N) is 1. The third kappa shape index (κ3) is 3.78. The Morgan fingerprint density at radius 2 is 1.53 bits per heavy atom. The average Bonchev–Trinajstić information content (AvgIpc) is 3.01. The van der Waals surface area contributed by atoms with Crippen molar-refractivity contribution in [3.05, 3.63) is 94.2 Å². The highest BCUT2D eigenvalue weighted by Crippen LogP contribution is 2.36. The van der Waals surface area contributed by atoms with Gasteiger partial charge < -0.3 is 10.1 Å². The summed E-state index contributed by atoms with van der Waals surface area (Å²) in [7, 11) is 1.59. The van der Waals surface area contributed by atoms with Crippen LogP contribution < -0.4 is 15.0 Å². The number of imide groups is 1. The standard InChI is InChI=1S/C27H26N2O3/c1-16-9-10-18(3)23(13-16)29-26(30)24(20-12-11-17(2)19(4)14-20)25(27(29)31)28-21-7-6-8-22(15-21)32-5/h6-15,28H,1-5H3. The molecule has 0 aromatic heterocycles. The SMILES string of the molecule is COc1cccc(NC2=C(c3ccc(C)c(C)c3)C(=O)N(c3cc(C)ccc3C)C2=O)c1. The molecule has 3 aromatic rings. The molecule has 32 heavy (non-hydrogen) atoms. The van der Waals surface area contributed by atoms with Crippen molar-refractivity contribution in [2.45, 2.75) is 27.7 Å². The molecule has 1 N–H and O–H groups in total. The van der Waals surface area contributed by atoms with Crippen molar-refractivity contribution in [3.8, 4) is 5.75 Å². The molecule has 1 aliphatic heterocycles. The minimum Gasteiger partial charge on any atom is -0.497 e. The van der Waals surface area contributed by atoms with Gasteiger partial charge in [-0.05, 0) is 73.7 Å². The van der Waals surface area contributed by atoms with E-state index in [2.05, 4.69) is 5.32 Å². The summed E-state index contributed by atoms with van der Waals surface area (Å²) in [5.41, 5.74) is 6.63. The van der Waals surface area contributed by atoms with E-state index in [1.165, 1.54) is 4.90 Å². The van der Waals surface area contributed by atoms with Crippen LogP contribution in [0, 0.1) is 27.7 Å². The molecule has 1 aliphatic rings. The number of rotatable bonds is 5. The topological polar surface area (TPSA) is 58.6 Å². The van der Waals surface area contributed by atoms with Crippen molar-refractivity contribution in [3.63, 3.8) is 0 Å². The molecule has 162 valence electrons. The average molecular weight is 427 g/mol. The number of carbonyl (C=O) groups excluding carboxylic acids is 2. The molecule has 1 heterocycles. The van der Waals surface area contributed by atoms with Crippen molar-refractivity contribution >= 4 is 28.8 Å². The van der Waals surface area contributed by atoms with E-state index in [1.807, 2.05) is 82.3 Å². The highest BCUT2D eigenvalue weighted by molar-refractivity contribution is 6.46. The number of hydrogen-bond acceptors (Lipinski definition) is 4. The number of benzene rings is 3. The molecule has 0 aliphatic carbocycles. The highest BCUT2D eigenvalue weighted by Gasteiger charge is 2.41. The van der Waals surface area contributed by atoms with E-state index in [0.29, 0.717) is 28.3 Å². The largest absolute Gasteiger partial charge is 0.497 e. The third-order valence-corrected chi connectivity index (χ3v) is 5.82. The molecule has 5 nitrogen and oxygen atoms in total. The van der Waals surface area contributed by atoms with Crippen LogP contribution in [0.5, 0.6) is 5.75 Å². The first kappa shape index (κ1) is 21.4. The molecular formula is C27H26N2O3. The molecule has 0 saturated carbocycles. The van der Waals surface area contributed by atoms with Crippen LogP contribution in [-0.4, -0.2) is 18.9 Å². The van der Waals surface area contributed by atoms with Crippen LogP contribution in [-0.2, 0) is 9.59 Å². The summed E-state index contributed by atoms with van der Waals surface area (Å²) < 4.78 is 5.31.